The maximum absolute atomic E-state index is 5.41. The van der Waals surface area contributed by atoms with E-state index in [-0.39, 0.29) is 0 Å². The molecule has 6 heteroatoms. The van der Waals surface area contributed by atoms with E-state index in [9.17, 15) is 0 Å². The molecule has 0 N–H and O–H groups in total. The zero-order chi connectivity index (χ0) is 35.6. The number of hydrogen-bond acceptors (Lipinski definition) is 4. The van der Waals surface area contributed by atoms with Gasteiger partial charge < -0.3 is 9.13 Å². The van der Waals surface area contributed by atoms with Crippen molar-refractivity contribution in [1.29, 1.82) is 0 Å². The van der Waals surface area contributed by atoms with Gasteiger partial charge in [-0.25, -0.2) is 9.98 Å². The van der Waals surface area contributed by atoms with Gasteiger partial charge in [0.15, 0.2) is 0 Å². The Morgan fingerprint density at radius 1 is 0.333 bits per heavy atom. The number of aliphatic imine (C=N–C) groups is 2. The molecule has 54 heavy (non-hydrogen) atoms. The minimum atomic E-state index is 0.714. The highest BCUT2D eigenvalue weighted by atomic mass is 15.0. The molecule has 0 amide bonds. The van der Waals surface area contributed by atoms with Gasteiger partial charge in [0.1, 0.15) is 11.4 Å². The second-order valence-electron chi connectivity index (χ2n) is 13.5. The lowest BCUT2D eigenvalue weighted by Gasteiger charge is -2.17. The summed E-state index contributed by atoms with van der Waals surface area (Å²) in [6, 6.07) is 59.3. The Morgan fingerprint density at radius 3 is 1.20 bits per heavy atom. The third kappa shape index (κ3) is 4.67. The smallest absolute Gasteiger partial charge is 0.115 e. The van der Waals surface area contributed by atoms with Gasteiger partial charge in [0, 0.05) is 56.4 Å². The maximum Gasteiger partial charge on any atom is 0.115 e. The van der Waals surface area contributed by atoms with Crippen molar-refractivity contribution in [2.45, 2.75) is 0 Å². The number of fused-ring (bicyclic) bond motifs is 8. The average Bonchev–Trinajstić information content (AvgIpc) is 3.74. The van der Waals surface area contributed by atoms with Crippen molar-refractivity contribution in [3.8, 4) is 11.4 Å². The normalized spacial score (nSPS) is 14.6. The van der Waals surface area contributed by atoms with E-state index in [1.165, 1.54) is 21.5 Å². The number of aromatic nitrogens is 4. The van der Waals surface area contributed by atoms with Gasteiger partial charge >= 0.3 is 0 Å². The van der Waals surface area contributed by atoms with Crippen molar-refractivity contribution >= 4 is 66.4 Å². The lowest BCUT2D eigenvalue weighted by atomic mass is 9.99. The van der Waals surface area contributed by atoms with Crippen molar-refractivity contribution in [2.75, 3.05) is 0 Å². The van der Waals surface area contributed by atoms with E-state index in [2.05, 4.69) is 155 Å². The highest BCUT2D eigenvalue weighted by molar-refractivity contribution is 6.23. The lowest BCUT2D eigenvalue weighted by Crippen LogP contribution is -2.13. The van der Waals surface area contributed by atoms with Crippen LogP contribution in [0.25, 0.3) is 55.0 Å². The van der Waals surface area contributed by atoms with Crippen LogP contribution in [0, 0.1) is 0 Å². The molecular weight excluding hydrogens is 661 g/mol. The zero-order valence-electron chi connectivity index (χ0n) is 29.0. The molecule has 0 saturated heterocycles. The fourth-order valence-corrected chi connectivity index (χ4v) is 8.03. The second-order valence-corrected chi connectivity index (χ2v) is 13.5. The SMILES string of the molecule is c1ccc(-n2c3ccccc3c3ccc(/C4=N/c5cccnc5/C(c5ccc6c7ccccc7n(-c7ccccc7)c6c5)=N\c5cccnc54)cc32)cc1. The van der Waals surface area contributed by atoms with Crippen molar-refractivity contribution in [3.63, 3.8) is 0 Å². The van der Waals surface area contributed by atoms with Crippen LogP contribution in [0.4, 0.5) is 11.4 Å². The van der Waals surface area contributed by atoms with E-state index in [0.717, 1.165) is 67.4 Å². The largest absolute Gasteiger partial charge is 0.309 e. The Morgan fingerprint density at radius 2 is 0.741 bits per heavy atom. The van der Waals surface area contributed by atoms with Gasteiger partial charge in [-0.15, -0.1) is 0 Å². The molecule has 6 aromatic carbocycles. The first-order valence-electron chi connectivity index (χ1n) is 18.1. The van der Waals surface area contributed by atoms with Crippen molar-refractivity contribution < 1.29 is 0 Å². The van der Waals surface area contributed by atoms with Gasteiger partial charge in [-0.3, -0.25) is 9.97 Å². The number of para-hydroxylation sites is 4. The first kappa shape index (κ1) is 30.2. The summed E-state index contributed by atoms with van der Waals surface area (Å²) in [5, 5.41) is 4.76. The first-order chi connectivity index (χ1) is 26.8. The van der Waals surface area contributed by atoms with Gasteiger partial charge in [-0.1, -0.05) is 97.1 Å². The molecule has 5 heterocycles. The van der Waals surface area contributed by atoms with Gasteiger partial charge in [-0.2, -0.15) is 0 Å². The summed E-state index contributed by atoms with van der Waals surface area (Å²) in [7, 11) is 0. The van der Waals surface area contributed by atoms with Crippen molar-refractivity contribution in [3.05, 3.63) is 205 Å². The Hall–Kier alpha value is -7.44. The van der Waals surface area contributed by atoms with Gasteiger partial charge in [0.05, 0.1) is 44.9 Å². The van der Waals surface area contributed by atoms with E-state index >= 15 is 0 Å². The summed E-state index contributed by atoms with van der Waals surface area (Å²) in [6.07, 6.45) is 3.64. The summed E-state index contributed by atoms with van der Waals surface area (Å²) in [5.74, 6) is 0. The Kier molecular flexibility index (Phi) is 6.75. The van der Waals surface area contributed by atoms with Gasteiger partial charge in [-0.05, 0) is 72.8 Å². The third-order valence-electron chi connectivity index (χ3n) is 10.4. The molecule has 0 radical (unpaired) electrons. The summed E-state index contributed by atoms with van der Waals surface area (Å²) < 4.78 is 4.65. The highest BCUT2D eigenvalue weighted by Crippen LogP contribution is 2.37. The molecular formula is C48H30N6. The molecule has 0 unspecified atom stereocenters. The topological polar surface area (TPSA) is 60.4 Å². The van der Waals surface area contributed by atoms with E-state index in [1.807, 2.05) is 36.7 Å². The van der Waals surface area contributed by atoms with E-state index in [4.69, 9.17) is 20.0 Å². The fraction of sp³-hybridized carbons (Fsp3) is 0. The molecule has 0 saturated carbocycles. The molecule has 252 valence electrons. The molecule has 0 atom stereocenters. The quantitative estimate of drug-likeness (QED) is 0.185. The van der Waals surface area contributed by atoms with Crippen LogP contribution in [0.3, 0.4) is 0 Å². The van der Waals surface area contributed by atoms with E-state index in [1.54, 1.807) is 0 Å². The van der Waals surface area contributed by atoms with Crippen molar-refractivity contribution in [2.24, 2.45) is 9.98 Å². The van der Waals surface area contributed by atoms with Crippen LogP contribution in [-0.2, 0) is 0 Å². The average molecular weight is 691 g/mol. The Bertz CT molecular complexity index is 2940. The highest BCUT2D eigenvalue weighted by Gasteiger charge is 2.24. The van der Waals surface area contributed by atoms with Crippen LogP contribution in [0.1, 0.15) is 22.5 Å². The molecule has 10 aromatic rings. The first-order valence-corrected chi connectivity index (χ1v) is 18.1. The van der Waals surface area contributed by atoms with E-state index < -0.39 is 0 Å². The van der Waals surface area contributed by atoms with Crippen LogP contribution < -0.4 is 0 Å². The second kappa shape index (κ2) is 12.1. The predicted molar refractivity (Wildman–Crippen MR) is 221 cm³/mol. The molecule has 1 aliphatic heterocycles. The predicted octanol–water partition coefficient (Wildman–Crippen LogP) is 11.3. The molecule has 4 aromatic heterocycles. The molecule has 0 aliphatic carbocycles. The van der Waals surface area contributed by atoms with Crippen LogP contribution >= 0.6 is 0 Å². The fourth-order valence-electron chi connectivity index (χ4n) is 8.03. The summed E-state index contributed by atoms with van der Waals surface area (Å²) in [5.41, 5.74) is 13.0. The number of benzene rings is 6. The maximum atomic E-state index is 5.41. The minimum absolute atomic E-state index is 0.714. The summed E-state index contributed by atoms with van der Waals surface area (Å²) in [6.45, 7) is 0. The van der Waals surface area contributed by atoms with Crippen molar-refractivity contribution in [1.82, 2.24) is 19.1 Å². The zero-order valence-corrected chi connectivity index (χ0v) is 29.0. The van der Waals surface area contributed by atoms with Gasteiger partial charge in [0.2, 0.25) is 0 Å². The van der Waals surface area contributed by atoms with E-state index in [0.29, 0.717) is 11.4 Å². The third-order valence-corrected chi connectivity index (χ3v) is 10.4. The minimum Gasteiger partial charge on any atom is -0.309 e. The Balaban J connectivity index is 1.13. The molecule has 0 fully saturated rings. The van der Waals surface area contributed by atoms with Crippen LogP contribution in [0.15, 0.2) is 192 Å². The molecule has 11 rings (SSSR count). The lowest BCUT2D eigenvalue weighted by molar-refractivity contribution is 1.18. The standard InChI is InChI=1S/C48H30N6/c1-3-13-33(14-4-1)53-41-21-9-7-17-35(41)37-25-23-31(29-43(37)53)45-47-39(19-11-27-49-47)52-46(48-40(51-45)20-12-28-50-48)32-24-26-38-36-18-8-10-22-42(36)54(44(38)30-32)34-15-5-2-6-16-34/h1-30H/b47-45?,48-46?,51-40?,51-45-,52-39?,52-46-. The summed E-state index contributed by atoms with van der Waals surface area (Å²) in [4.78, 5) is 20.7. The number of rotatable bonds is 4. The molecule has 0 bridgehead atoms. The number of nitrogens with zero attached hydrogens (tertiary/aromatic N) is 6. The van der Waals surface area contributed by atoms with Crippen LogP contribution in [-0.4, -0.2) is 30.5 Å². The van der Waals surface area contributed by atoms with Crippen LogP contribution in [0.2, 0.25) is 0 Å². The monoisotopic (exact) mass is 690 g/mol. The van der Waals surface area contributed by atoms with Gasteiger partial charge in [0.25, 0.3) is 0 Å². The Labute approximate surface area is 310 Å². The molecule has 1 aliphatic rings. The van der Waals surface area contributed by atoms with Crippen LogP contribution in [0.5, 0.6) is 0 Å². The summed E-state index contributed by atoms with van der Waals surface area (Å²) >= 11 is 0. The number of hydrogen-bond donors (Lipinski definition) is 0. The molecule has 0 spiro atoms. The number of pyridine rings is 2. The molecule has 6 nitrogen and oxygen atoms in total.